The SMILES string of the molecule is COCc1nc(N)cc(NCC2(N(C)C)CCCC2)n1. The van der Waals surface area contributed by atoms with Gasteiger partial charge in [-0.15, -0.1) is 0 Å². The molecule has 0 spiro atoms. The van der Waals surface area contributed by atoms with Gasteiger partial charge in [-0.05, 0) is 26.9 Å². The molecule has 0 unspecified atom stereocenters. The highest BCUT2D eigenvalue weighted by molar-refractivity contribution is 5.45. The first-order valence-corrected chi connectivity index (χ1v) is 7.09. The molecule has 1 aliphatic carbocycles. The predicted molar refractivity (Wildman–Crippen MR) is 80.5 cm³/mol. The number of ether oxygens (including phenoxy) is 1. The van der Waals surface area contributed by atoms with Gasteiger partial charge in [0, 0.05) is 25.3 Å². The van der Waals surface area contributed by atoms with Gasteiger partial charge in [-0.1, -0.05) is 12.8 Å². The van der Waals surface area contributed by atoms with Gasteiger partial charge in [-0.3, -0.25) is 0 Å². The second kappa shape index (κ2) is 6.37. The molecule has 1 aliphatic rings. The summed E-state index contributed by atoms with van der Waals surface area (Å²) in [5, 5.41) is 3.42. The summed E-state index contributed by atoms with van der Waals surface area (Å²) >= 11 is 0. The summed E-state index contributed by atoms with van der Waals surface area (Å²) in [7, 11) is 5.93. The lowest BCUT2D eigenvalue weighted by Gasteiger charge is -2.36. The third-order valence-electron chi connectivity index (χ3n) is 4.15. The van der Waals surface area contributed by atoms with Gasteiger partial charge in [0.05, 0.1) is 0 Å². The van der Waals surface area contributed by atoms with Crippen LogP contribution in [0.3, 0.4) is 0 Å². The zero-order chi connectivity index (χ0) is 14.6. The number of methoxy groups -OCH3 is 1. The quantitative estimate of drug-likeness (QED) is 0.821. The highest BCUT2D eigenvalue weighted by atomic mass is 16.5. The molecule has 6 nitrogen and oxygen atoms in total. The first-order chi connectivity index (χ1) is 9.55. The lowest BCUT2D eigenvalue weighted by Crippen LogP contribution is -2.47. The summed E-state index contributed by atoms with van der Waals surface area (Å²) < 4.78 is 5.06. The van der Waals surface area contributed by atoms with Crippen molar-refractivity contribution in [2.75, 3.05) is 38.8 Å². The summed E-state index contributed by atoms with van der Waals surface area (Å²) in [6.07, 6.45) is 5.03. The summed E-state index contributed by atoms with van der Waals surface area (Å²) in [5.74, 6) is 1.86. The van der Waals surface area contributed by atoms with Gasteiger partial charge >= 0.3 is 0 Å². The fourth-order valence-electron chi connectivity index (χ4n) is 2.87. The zero-order valence-corrected chi connectivity index (χ0v) is 12.6. The lowest BCUT2D eigenvalue weighted by atomic mass is 9.96. The van der Waals surface area contributed by atoms with Crippen molar-refractivity contribution in [3.05, 3.63) is 11.9 Å². The molecule has 0 radical (unpaired) electrons. The maximum Gasteiger partial charge on any atom is 0.158 e. The van der Waals surface area contributed by atoms with Gasteiger partial charge in [-0.25, -0.2) is 9.97 Å². The Hall–Kier alpha value is -1.40. The van der Waals surface area contributed by atoms with E-state index in [2.05, 4.69) is 34.3 Å². The number of nitrogens with two attached hydrogens (primary N) is 1. The fourth-order valence-corrected chi connectivity index (χ4v) is 2.87. The Morgan fingerprint density at radius 1 is 1.35 bits per heavy atom. The molecular weight excluding hydrogens is 254 g/mol. The molecule has 0 amide bonds. The van der Waals surface area contributed by atoms with Crippen LogP contribution in [-0.4, -0.2) is 48.2 Å². The summed E-state index contributed by atoms with van der Waals surface area (Å²) in [4.78, 5) is 10.9. The van der Waals surface area contributed by atoms with E-state index in [1.807, 2.05) is 0 Å². The average Bonchev–Trinajstić information content (AvgIpc) is 2.86. The third kappa shape index (κ3) is 3.37. The number of nitrogen functional groups attached to an aromatic ring is 1. The Morgan fingerprint density at radius 2 is 2.05 bits per heavy atom. The number of nitrogens with zero attached hydrogens (tertiary/aromatic N) is 3. The van der Waals surface area contributed by atoms with Crippen LogP contribution < -0.4 is 11.1 Å². The van der Waals surface area contributed by atoms with Crippen LogP contribution in [0.2, 0.25) is 0 Å². The van der Waals surface area contributed by atoms with Crippen LogP contribution in [-0.2, 0) is 11.3 Å². The number of likely N-dealkylation sites (N-methyl/N-ethyl adjacent to an activating group) is 1. The second-order valence-corrected chi connectivity index (χ2v) is 5.71. The van der Waals surface area contributed by atoms with Crippen LogP contribution in [0.4, 0.5) is 11.6 Å². The van der Waals surface area contributed by atoms with Gasteiger partial charge in [0.25, 0.3) is 0 Å². The molecule has 112 valence electrons. The van der Waals surface area contributed by atoms with Crippen LogP contribution in [0.5, 0.6) is 0 Å². The van der Waals surface area contributed by atoms with Crippen molar-refractivity contribution in [1.82, 2.24) is 14.9 Å². The molecule has 1 heterocycles. The van der Waals surface area contributed by atoms with Crippen LogP contribution in [0.1, 0.15) is 31.5 Å². The largest absolute Gasteiger partial charge is 0.384 e. The Kier molecular flexibility index (Phi) is 4.77. The van der Waals surface area contributed by atoms with E-state index in [0.717, 1.165) is 12.4 Å². The van der Waals surface area contributed by atoms with Gasteiger partial charge in [0.2, 0.25) is 0 Å². The normalized spacial score (nSPS) is 17.6. The molecule has 20 heavy (non-hydrogen) atoms. The molecule has 0 saturated heterocycles. The maximum atomic E-state index is 5.81. The number of aromatic nitrogens is 2. The Balaban J connectivity index is 2.06. The first kappa shape index (κ1) is 15.0. The van der Waals surface area contributed by atoms with Crippen LogP contribution in [0, 0.1) is 0 Å². The molecular formula is C14H25N5O. The van der Waals surface area contributed by atoms with Gasteiger partial charge in [-0.2, -0.15) is 0 Å². The zero-order valence-electron chi connectivity index (χ0n) is 12.6. The Bertz CT molecular complexity index is 443. The van der Waals surface area contributed by atoms with E-state index in [4.69, 9.17) is 10.5 Å². The van der Waals surface area contributed by atoms with E-state index in [1.54, 1.807) is 13.2 Å². The molecule has 6 heteroatoms. The van der Waals surface area contributed by atoms with Crippen LogP contribution >= 0.6 is 0 Å². The molecule has 1 aromatic heterocycles. The molecule has 1 fully saturated rings. The molecule has 2 rings (SSSR count). The van der Waals surface area contributed by atoms with Crippen molar-refractivity contribution < 1.29 is 4.74 Å². The molecule has 0 aliphatic heterocycles. The number of rotatable bonds is 6. The number of anilines is 2. The Morgan fingerprint density at radius 3 is 2.65 bits per heavy atom. The van der Waals surface area contributed by atoms with E-state index in [-0.39, 0.29) is 5.54 Å². The van der Waals surface area contributed by atoms with E-state index < -0.39 is 0 Å². The lowest BCUT2D eigenvalue weighted by molar-refractivity contribution is 0.171. The molecule has 0 atom stereocenters. The highest BCUT2D eigenvalue weighted by Gasteiger charge is 2.35. The van der Waals surface area contributed by atoms with E-state index in [1.165, 1.54) is 25.7 Å². The minimum atomic E-state index is 0.223. The van der Waals surface area contributed by atoms with Crippen LogP contribution in [0.15, 0.2) is 6.07 Å². The van der Waals surface area contributed by atoms with Crippen molar-refractivity contribution in [2.24, 2.45) is 0 Å². The fraction of sp³-hybridized carbons (Fsp3) is 0.714. The van der Waals surface area contributed by atoms with E-state index >= 15 is 0 Å². The monoisotopic (exact) mass is 279 g/mol. The number of nitrogens with one attached hydrogen (secondary N) is 1. The number of hydrogen-bond acceptors (Lipinski definition) is 6. The number of hydrogen-bond donors (Lipinski definition) is 2. The summed E-state index contributed by atoms with van der Waals surface area (Å²) in [6, 6.07) is 1.78. The highest BCUT2D eigenvalue weighted by Crippen LogP contribution is 2.33. The minimum absolute atomic E-state index is 0.223. The smallest absolute Gasteiger partial charge is 0.158 e. The predicted octanol–water partition coefficient (Wildman–Crippen LogP) is 1.49. The topological polar surface area (TPSA) is 76.3 Å². The molecule has 1 saturated carbocycles. The molecule has 1 aromatic rings. The van der Waals surface area contributed by atoms with Gasteiger partial charge in [0.1, 0.15) is 18.2 Å². The maximum absolute atomic E-state index is 5.81. The summed E-state index contributed by atoms with van der Waals surface area (Å²) in [5.41, 5.74) is 6.03. The first-order valence-electron chi connectivity index (χ1n) is 7.09. The average molecular weight is 279 g/mol. The van der Waals surface area contributed by atoms with Crippen molar-refractivity contribution in [2.45, 2.75) is 37.8 Å². The molecule has 3 N–H and O–H groups in total. The summed E-state index contributed by atoms with van der Waals surface area (Å²) in [6.45, 7) is 1.25. The van der Waals surface area contributed by atoms with Gasteiger partial charge in [0.15, 0.2) is 5.82 Å². The van der Waals surface area contributed by atoms with E-state index in [0.29, 0.717) is 18.2 Å². The third-order valence-corrected chi connectivity index (χ3v) is 4.15. The van der Waals surface area contributed by atoms with Gasteiger partial charge < -0.3 is 20.7 Å². The Labute approximate surface area is 120 Å². The molecule has 0 aromatic carbocycles. The standard InChI is InChI=1S/C14H25N5O/c1-19(2)14(6-4-5-7-14)10-16-12-8-11(15)17-13(18-12)9-20-3/h8H,4-7,9-10H2,1-3H3,(H3,15,16,17,18). The second-order valence-electron chi connectivity index (χ2n) is 5.71. The van der Waals surface area contributed by atoms with Crippen molar-refractivity contribution >= 4 is 11.6 Å². The van der Waals surface area contributed by atoms with Crippen molar-refractivity contribution in [1.29, 1.82) is 0 Å². The van der Waals surface area contributed by atoms with E-state index in [9.17, 15) is 0 Å². The van der Waals surface area contributed by atoms with Crippen LogP contribution in [0.25, 0.3) is 0 Å². The van der Waals surface area contributed by atoms with Crippen molar-refractivity contribution in [3.8, 4) is 0 Å². The minimum Gasteiger partial charge on any atom is -0.384 e. The molecule has 0 bridgehead atoms. The van der Waals surface area contributed by atoms with Crippen molar-refractivity contribution in [3.63, 3.8) is 0 Å².